The van der Waals surface area contributed by atoms with Gasteiger partial charge in [0, 0.05) is 12.6 Å². The molecule has 20 heavy (non-hydrogen) atoms. The first-order valence-corrected chi connectivity index (χ1v) is 8.32. The number of sulfone groups is 1. The fourth-order valence-electron chi connectivity index (χ4n) is 2.20. The van der Waals surface area contributed by atoms with E-state index in [0.29, 0.717) is 12.6 Å². The Labute approximate surface area is 119 Å². The number of benzene rings is 1. The van der Waals surface area contributed by atoms with E-state index in [4.69, 9.17) is 5.11 Å². The molecule has 1 aliphatic carbocycles. The number of hydrogen-bond acceptors (Lipinski definition) is 4. The van der Waals surface area contributed by atoms with Crippen LogP contribution in [0.15, 0.2) is 29.2 Å². The summed E-state index contributed by atoms with van der Waals surface area (Å²) in [5, 5.41) is 8.79. The van der Waals surface area contributed by atoms with Gasteiger partial charge in [-0.2, -0.15) is 0 Å². The van der Waals surface area contributed by atoms with Crippen LogP contribution >= 0.6 is 0 Å². The Balaban J connectivity index is 2.00. The molecule has 0 bridgehead atoms. The predicted molar refractivity (Wildman–Crippen MR) is 75.7 cm³/mol. The summed E-state index contributed by atoms with van der Waals surface area (Å²) in [6.45, 7) is 0.508. The zero-order valence-electron chi connectivity index (χ0n) is 11.4. The lowest BCUT2D eigenvalue weighted by atomic mass is 9.92. The fourth-order valence-corrected chi connectivity index (χ4v) is 3.51. The molecule has 0 radical (unpaired) electrons. The van der Waals surface area contributed by atoms with Gasteiger partial charge < -0.3 is 10.0 Å². The average Bonchev–Trinajstić information content (AvgIpc) is 2.34. The lowest BCUT2D eigenvalue weighted by Crippen LogP contribution is -2.39. The molecule has 1 fully saturated rings. The minimum atomic E-state index is -3.35. The topological polar surface area (TPSA) is 74.7 Å². The standard InChI is InChI=1S/C14H19NO4S/c1-15(12-3-2-4-12)9-10-20(18,19)13-7-5-11(6-8-13)14(16)17/h5-8,12H,2-4,9-10H2,1H3,(H,16,17). The second kappa shape index (κ2) is 5.93. The molecule has 0 heterocycles. The third-order valence-electron chi connectivity index (χ3n) is 3.87. The van der Waals surface area contributed by atoms with Crippen molar-refractivity contribution in [3.05, 3.63) is 29.8 Å². The molecular formula is C14H19NO4S. The zero-order valence-corrected chi connectivity index (χ0v) is 12.3. The second-order valence-corrected chi connectivity index (χ2v) is 7.32. The van der Waals surface area contributed by atoms with E-state index in [1.54, 1.807) is 0 Å². The maximum atomic E-state index is 12.2. The molecule has 1 aliphatic rings. The first kappa shape index (κ1) is 15.0. The number of carboxylic acids is 1. The third-order valence-corrected chi connectivity index (χ3v) is 5.58. The van der Waals surface area contributed by atoms with Crippen LogP contribution in [0.3, 0.4) is 0 Å². The molecular weight excluding hydrogens is 278 g/mol. The molecule has 1 aromatic carbocycles. The van der Waals surface area contributed by atoms with Crippen LogP contribution in [0.4, 0.5) is 0 Å². The highest BCUT2D eigenvalue weighted by molar-refractivity contribution is 7.91. The summed E-state index contributed by atoms with van der Waals surface area (Å²) in [6.07, 6.45) is 3.51. The molecule has 6 heteroatoms. The molecule has 110 valence electrons. The van der Waals surface area contributed by atoms with E-state index in [9.17, 15) is 13.2 Å². The predicted octanol–water partition coefficient (Wildman–Crippen LogP) is 1.64. The summed E-state index contributed by atoms with van der Waals surface area (Å²) in [6, 6.07) is 5.89. The molecule has 0 unspecified atom stereocenters. The van der Waals surface area contributed by atoms with Crippen molar-refractivity contribution in [3.8, 4) is 0 Å². The molecule has 0 aliphatic heterocycles. The van der Waals surface area contributed by atoms with Gasteiger partial charge in [-0.15, -0.1) is 0 Å². The van der Waals surface area contributed by atoms with Crippen LogP contribution in [0.25, 0.3) is 0 Å². The van der Waals surface area contributed by atoms with Crippen molar-refractivity contribution in [2.45, 2.75) is 30.2 Å². The molecule has 1 N–H and O–H groups in total. The number of carboxylic acid groups (broad SMARTS) is 1. The van der Waals surface area contributed by atoms with Crippen LogP contribution in [0, 0.1) is 0 Å². The van der Waals surface area contributed by atoms with E-state index in [0.717, 1.165) is 12.8 Å². The molecule has 1 aromatic rings. The summed E-state index contributed by atoms with van der Waals surface area (Å²) in [5.41, 5.74) is 0.0931. The van der Waals surface area contributed by atoms with Gasteiger partial charge in [0.05, 0.1) is 16.2 Å². The monoisotopic (exact) mass is 297 g/mol. The molecule has 0 saturated heterocycles. The quantitative estimate of drug-likeness (QED) is 0.864. The Bertz CT molecular complexity index is 576. The molecule has 0 atom stereocenters. The van der Waals surface area contributed by atoms with Gasteiger partial charge in [0.2, 0.25) is 0 Å². The maximum Gasteiger partial charge on any atom is 0.335 e. The van der Waals surface area contributed by atoms with Crippen molar-refractivity contribution in [2.24, 2.45) is 0 Å². The Hall–Kier alpha value is -1.40. The maximum absolute atomic E-state index is 12.2. The molecule has 2 rings (SSSR count). The SMILES string of the molecule is CN(CCS(=O)(=O)c1ccc(C(=O)O)cc1)C1CCC1. The summed E-state index contributed by atoms with van der Waals surface area (Å²) in [4.78, 5) is 13.0. The normalized spacial score (nSPS) is 16.1. The fraction of sp³-hybridized carbons (Fsp3) is 0.500. The van der Waals surface area contributed by atoms with E-state index in [2.05, 4.69) is 4.90 Å². The average molecular weight is 297 g/mol. The minimum absolute atomic E-state index is 0.0619. The molecule has 1 saturated carbocycles. The van der Waals surface area contributed by atoms with E-state index in [-0.39, 0.29) is 16.2 Å². The van der Waals surface area contributed by atoms with Crippen LogP contribution in [0.2, 0.25) is 0 Å². The lowest BCUT2D eigenvalue weighted by Gasteiger charge is -2.34. The van der Waals surface area contributed by atoms with E-state index >= 15 is 0 Å². The summed E-state index contributed by atoms with van der Waals surface area (Å²) < 4.78 is 24.3. The molecule has 5 nitrogen and oxygen atoms in total. The first-order chi connectivity index (χ1) is 9.40. The Morgan fingerprint density at radius 2 is 1.90 bits per heavy atom. The van der Waals surface area contributed by atoms with Gasteiger partial charge in [-0.25, -0.2) is 13.2 Å². The largest absolute Gasteiger partial charge is 0.478 e. The lowest BCUT2D eigenvalue weighted by molar-refractivity contribution is 0.0696. The van der Waals surface area contributed by atoms with Crippen LogP contribution in [-0.2, 0) is 9.84 Å². The number of aromatic carboxylic acids is 1. The van der Waals surface area contributed by atoms with Gasteiger partial charge in [0.1, 0.15) is 0 Å². The van der Waals surface area contributed by atoms with E-state index in [1.165, 1.54) is 30.7 Å². The third kappa shape index (κ3) is 3.37. The van der Waals surface area contributed by atoms with Gasteiger partial charge in [-0.1, -0.05) is 6.42 Å². The molecule has 0 spiro atoms. The van der Waals surface area contributed by atoms with Crippen LogP contribution in [-0.4, -0.2) is 49.8 Å². The van der Waals surface area contributed by atoms with Crippen LogP contribution < -0.4 is 0 Å². The van der Waals surface area contributed by atoms with Crippen molar-refractivity contribution in [3.63, 3.8) is 0 Å². The number of rotatable bonds is 6. The van der Waals surface area contributed by atoms with Crippen molar-refractivity contribution in [1.29, 1.82) is 0 Å². The number of nitrogens with zero attached hydrogens (tertiary/aromatic N) is 1. The van der Waals surface area contributed by atoms with Gasteiger partial charge >= 0.3 is 5.97 Å². The summed E-state index contributed by atoms with van der Waals surface area (Å²) >= 11 is 0. The van der Waals surface area contributed by atoms with E-state index in [1.807, 2.05) is 7.05 Å². The van der Waals surface area contributed by atoms with Crippen LogP contribution in [0.1, 0.15) is 29.6 Å². The summed E-state index contributed by atoms with van der Waals surface area (Å²) in [7, 11) is -1.40. The summed E-state index contributed by atoms with van der Waals surface area (Å²) in [5.74, 6) is -0.995. The highest BCUT2D eigenvalue weighted by Gasteiger charge is 2.23. The van der Waals surface area contributed by atoms with Gasteiger partial charge in [-0.3, -0.25) is 0 Å². The van der Waals surface area contributed by atoms with Gasteiger partial charge in [0.25, 0.3) is 0 Å². The Morgan fingerprint density at radius 1 is 1.30 bits per heavy atom. The second-order valence-electron chi connectivity index (χ2n) is 5.21. The van der Waals surface area contributed by atoms with Crippen molar-refractivity contribution in [2.75, 3.05) is 19.3 Å². The smallest absolute Gasteiger partial charge is 0.335 e. The number of carbonyl (C=O) groups is 1. The van der Waals surface area contributed by atoms with Crippen molar-refractivity contribution < 1.29 is 18.3 Å². The van der Waals surface area contributed by atoms with Crippen molar-refractivity contribution in [1.82, 2.24) is 4.90 Å². The Kier molecular flexibility index (Phi) is 4.45. The van der Waals surface area contributed by atoms with Crippen molar-refractivity contribution >= 4 is 15.8 Å². The number of hydrogen-bond donors (Lipinski definition) is 1. The van der Waals surface area contributed by atoms with Gasteiger partial charge in [-0.05, 0) is 44.2 Å². The first-order valence-electron chi connectivity index (χ1n) is 6.66. The minimum Gasteiger partial charge on any atom is -0.478 e. The Morgan fingerprint density at radius 3 is 2.35 bits per heavy atom. The highest BCUT2D eigenvalue weighted by atomic mass is 32.2. The zero-order chi connectivity index (χ0) is 14.8. The molecule has 0 amide bonds. The molecule has 0 aromatic heterocycles. The highest BCUT2D eigenvalue weighted by Crippen LogP contribution is 2.23. The van der Waals surface area contributed by atoms with Gasteiger partial charge in [0.15, 0.2) is 9.84 Å². The van der Waals surface area contributed by atoms with E-state index < -0.39 is 15.8 Å². The van der Waals surface area contributed by atoms with Crippen LogP contribution in [0.5, 0.6) is 0 Å².